The molecule has 0 radical (unpaired) electrons. The highest BCUT2D eigenvalue weighted by Gasteiger charge is 2.00. The molecule has 0 saturated heterocycles. The maximum Gasteiger partial charge on any atom is 0.232 e. The van der Waals surface area contributed by atoms with Gasteiger partial charge in [0.2, 0.25) is 5.91 Å². The van der Waals surface area contributed by atoms with Crippen LogP contribution in [0.1, 0.15) is 12.0 Å². The quantitative estimate of drug-likeness (QED) is 0.827. The number of carbonyl (C=O) groups is 1. The normalized spacial score (nSPS) is 9.23. The Kier molecular flexibility index (Phi) is 4.00. The summed E-state index contributed by atoms with van der Waals surface area (Å²) in [5.74, 6) is 2.18. The van der Waals surface area contributed by atoms with E-state index in [0.29, 0.717) is 6.54 Å². The zero-order chi connectivity index (χ0) is 9.68. The third-order valence-corrected chi connectivity index (χ3v) is 2.93. The average Bonchev–Trinajstić information content (AvgIpc) is 2.49. The van der Waals surface area contributed by atoms with Crippen LogP contribution in [0.4, 0.5) is 0 Å². The number of carbonyl (C=O) groups excluding carboxylic acids is 1. The molecular formula is C9H8BrNOS. The zero-order valence-electron chi connectivity index (χ0n) is 6.84. The molecule has 1 rings (SSSR count). The van der Waals surface area contributed by atoms with Gasteiger partial charge in [-0.05, 0) is 32.9 Å². The molecule has 13 heavy (non-hydrogen) atoms. The molecule has 0 aliphatic heterocycles. The second-order valence-electron chi connectivity index (χ2n) is 2.42. The van der Waals surface area contributed by atoms with Gasteiger partial charge in [-0.25, -0.2) is 0 Å². The Hall–Kier alpha value is -0.790. The van der Waals surface area contributed by atoms with E-state index in [1.165, 1.54) is 0 Å². The van der Waals surface area contributed by atoms with E-state index >= 15 is 0 Å². The Morgan fingerprint density at radius 3 is 3.08 bits per heavy atom. The van der Waals surface area contributed by atoms with Crippen molar-refractivity contribution in [2.75, 3.05) is 0 Å². The maximum atomic E-state index is 11.0. The second-order valence-corrected chi connectivity index (χ2v) is 4.71. The number of thiophene rings is 1. The van der Waals surface area contributed by atoms with Crippen LogP contribution in [-0.2, 0) is 11.3 Å². The molecule has 0 aromatic carbocycles. The lowest BCUT2D eigenvalue weighted by Crippen LogP contribution is -2.21. The number of nitrogens with one attached hydrogen (secondary N) is 1. The van der Waals surface area contributed by atoms with Crippen LogP contribution in [0.25, 0.3) is 0 Å². The number of terminal acetylenes is 1. The Morgan fingerprint density at radius 2 is 2.54 bits per heavy atom. The first kappa shape index (κ1) is 10.3. The molecule has 0 saturated carbocycles. The number of amides is 1. The maximum absolute atomic E-state index is 11.0. The third kappa shape index (κ3) is 3.62. The molecule has 0 fully saturated rings. The van der Waals surface area contributed by atoms with Crippen LogP contribution in [0.15, 0.2) is 15.2 Å². The molecular weight excluding hydrogens is 250 g/mol. The van der Waals surface area contributed by atoms with E-state index < -0.39 is 0 Å². The summed E-state index contributed by atoms with van der Waals surface area (Å²) < 4.78 is 1.06. The van der Waals surface area contributed by atoms with E-state index in [0.717, 1.165) is 9.35 Å². The molecule has 1 N–H and O–H groups in total. The lowest BCUT2D eigenvalue weighted by atomic mass is 10.3. The fraction of sp³-hybridized carbons (Fsp3) is 0.222. The van der Waals surface area contributed by atoms with Gasteiger partial charge in [0.1, 0.15) is 0 Å². The summed E-state index contributed by atoms with van der Waals surface area (Å²) in [6, 6.07) is 1.97. The summed E-state index contributed by atoms with van der Waals surface area (Å²) in [5, 5.41) is 4.70. The van der Waals surface area contributed by atoms with Gasteiger partial charge in [-0.2, -0.15) is 0 Å². The smallest absolute Gasteiger partial charge is 0.232 e. The van der Waals surface area contributed by atoms with Crippen molar-refractivity contribution in [1.29, 1.82) is 0 Å². The predicted octanol–water partition coefficient (Wildman–Crippen LogP) is 2.15. The Balaban J connectivity index is 2.36. The molecule has 0 bridgehead atoms. The molecule has 1 aromatic heterocycles. The van der Waals surface area contributed by atoms with Crippen LogP contribution in [0.3, 0.4) is 0 Å². The fourth-order valence-electron chi connectivity index (χ4n) is 0.794. The van der Waals surface area contributed by atoms with Crippen LogP contribution in [0, 0.1) is 12.3 Å². The van der Waals surface area contributed by atoms with Crippen molar-refractivity contribution < 1.29 is 4.79 Å². The van der Waals surface area contributed by atoms with Gasteiger partial charge in [0.15, 0.2) is 0 Å². The van der Waals surface area contributed by atoms with Crippen molar-refractivity contribution >= 4 is 33.2 Å². The van der Waals surface area contributed by atoms with Gasteiger partial charge in [-0.1, -0.05) is 5.92 Å². The highest BCUT2D eigenvalue weighted by Crippen LogP contribution is 2.20. The van der Waals surface area contributed by atoms with Gasteiger partial charge in [-0.15, -0.1) is 17.8 Å². The van der Waals surface area contributed by atoms with Crippen molar-refractivity contribution in [3.8, 4) is 12.3 Å². The lowest BCUT2D eigenvalue weighted by molar-refractivity contribution is -0.120. The van der Waals surface area contributed by atoms with Crippen LogP contribution in [-0.4, -0.2) is 5.91 Å². The molecule has 0 atom stereocenters. The summed E-state index contributed by atoms with van der Waals surface area (Å²) in [6.07, 6.45) is 5.13. The van der Waals surface area contributed by atoms with Crippen molar-refractivity contribution in [2.24, 2.45) is 0 Å². The van der Waals surface area contributed by atoms with Crippen molar-refractivity contribution in [1.82, 2.24) is 5.32 Å². The summed E-state index contributed by atoms with van der Waals surface area (Å²) >= 11 is 4.94. The molecule has 1 amide bonds. The molecule has 1 heterocycles. The standard InChI is InChI=1S/C9H8BrNOS/c1-2-3-9(12)11-5-7-4-8(10)13-6-7/h1,4,6H,3,5H2,(H,11,12). The first-order valence-corrected chi connectivity index (χ1v) is 5.32. The molecule has 1 aromatic rings. The van der Waals surface area contributed by atoms with Crippen LogP contribution >= 0.6 is 27.3 Å². The third-order valence-electron chi connectivity index (χ3n) is 1.37. The minimum absolute atomic E-state index is 0.107. The minimum Gasteiger partial charge on any atom is -0.351 e. The molecule has 0 aliphatic carbocycles. The molecule has 4 heteroatoms. The summed E-state index contributed by atoms with van der Waals surface area (Å²) in [4.78, 5) is 11.0. The summed E-state index contributed by atoms with van der Waals surface area (Å²) in [6.45, 7) is 0.544. The molecule has 0 spiro atoms. The zero-order valence-corrected chi connectivity index (χ0v) is 9.24. The van der Waals surface area contributed by atoms with Gasteiger partial charge in [0, 0.05) is 6.54 Å². The van der Waals surface area contributed by atoms with Gasteiger partial charge in [0.05, 0.1) is 10.2 Å². The molecule has 2 nitrogen and oxygen atoms in total. The Morgan fingerprint density at radius 1 is 1.77 bits per heavy atom. The topological polar surface area (TPSA) is 29.1 Å². The number of hydrogen-bond acceptors (Lipinski definition) is 2. The lowest BCUT2D eigenvalue weighted by Gasteiger charge is -1.99. The van der Waals surface area contributed by atoms with Crippen LogP contribution in [0.2, 0.25) is 0 Å². The Bertz CT molecular complexity index is 340. The molecule has 0 unspecified atom stereocenters. The fourth-order valence-corrected chi connectivity index (χ4v) is 2.00. The Labute approximate surface area is 89.5 Å². The van der Waals surface area contributed by atoms with E-state index in [1.54, 1.807) is 11.3 Å². The second kappa shape index (κ2) is 5.05. The average molecular weight is 258 g/mol. The highest BCUT2D eigenvalue weighted by molar-refractivity contribution is 9.11. The first-order valence-electron chi connectivity index (χ1n) is 3.65. The highest BCUT2D eigenvalue weighted by atomic mass is 79.9. The molecule has 68 valence electrons. The van der Waals surface area contributed by atoms with E-state index in [1.807, 2.05) is 11.4 Å². The summed E-state index contributed by atoms with van der Waals surface area (Å²) in [7, 11) is 0. The van der Waals surface area contributed by atoms with Gasteiger partial charge >= 0.3 is 0 Å². The summed E-state index contributed by atoms with van der Waals surface area (Å²) in [5.41, 5.74) is 1.09. The molecule has 0 aliphatic rings. The van der Waals surface area contributed by atoms with E-state index in [9.17, 15) is 4.79 Å². The van der Waals surface area contributed by atoms with Crippen molar-refractivity contribution in [3.05, 3.63) is 20.8 Å². The van der Waals surface area contributed by atoms with Crippen molar-refractivity contribution in [3.63, 3.8) is 0 Å². The van der Waals surface area contributed by atoms with Crippen LogP contribution in [0.5, 0.6) is 0 Å². The monoisotopic (exact) mass is 257 g/mol. The predicted molar refractivity (Wildman–Crippen MR) is 57.3 cm³/mol. The first-order chi connectivity index (χ1) is 6.22. The largest absolute Gasteiger partial charge is 0.351 e. The van der Waals surface area contributed by atoms with E-state index in [2.05, 4.69) is 27.2 Å². The SMILES string of the molecule is C#CCC(=O)NCc1csc(Br)c1. The van der Waals surface area contributed by atoms with Gasteiger partial charge in [0.25, 0.3) is 0 Å². The number of rotatable bonds is 3. The van der Waals surface area contributed by atoms with Crippen molar-refractivity contribution in [2.45, 2.75) is 13.0 Å². The number of halogens is 1. The van der Waals surface area contributed by atoms with E-state index in [-0.39, 0.29) is 12.3 Å². The number of hydrogen-bond donors (Lipinski definition) is 1. The van der Waals surface area contributed by atoms with Gasteiger partial charge in [-0.3, -0.25) is 4.79 Å². The van der Waals surface area contributed by atoms with Gasteiger partial charge < -0.3 is 5.32 Å². The van der Waals surface area contributed by atoms with Crippen LogP contribution < -0.4 is 5.32 Å². The minimum atomic E-state index is -0.107. The van der Waals surface area contributed by atoms with E-state index in [4.69, 9.17) is 6.42 Å².